The Labute approximate surface area is 152 Å². The second-order valence-electron chi connectivity index (χ2n) is 5.62. The van der Waals surface area contributed by atoms with Crippen LogP contribution in [-0.2, 0) is 4.79 Å². The molecule has 0 bridgehead atoms. The number of ketones is 2. The molecular formula is C20H21ClO4. The number of rotatable bonds is 8. The lowest BCUT2D eigenvalue weighted by atomic mass is 9.87. The van der Waals surface area contributed by atoms with Gasteiger partial charge < -0.3 is 9.47 Å². The number of methoxy groups -OCH3 is 2. The molecule has 25 heavy (non-hydrogen) atoms. The molecule has 0 saturated carbocycles. The molecule has 4 nitrogen and oxygen atoms in total. The van der Waals surface area contributed by atoms with Crippen LogP contribution in [0.2, 0.25) is 5.02 Å². The minimum Gasteiger partial charge on any atom is -0.497 e. The Morgan fingerprint density at radius 1 is 1.00 bits per heavy atom. The topological polar surface area (TPSA) is 52.6 Å². The average Bonchev–Trinajstić information content (AvgIpc) is 2.65. The second kappa shape index (κ2) is 8.67. The first kappa shape index (κ1) is 19.0. The van der Waals surface area contributed by atoms with Gasteiger partial charge in [0.05, 0.1) is 20.1 Å². The normalized spacial score (nSPS) is 11.7. The fourth-order valence-corrected chi connectivity index (χ4v) is 2.94. The van der Waals surface area contributed by atoms with Gasteiger partial charge in [-0.3, -0.25) is 9.59 Å². The maximum atomic E-state index is 12.6. The summed E-state index contributed by atoms with van der Waals surface area (Å²) in [6.07, 6.45) is 0.411. The van der Waals surface area contributed by atoms with Crippen LogP contribution in [0.3, 0.4) is 0 Å². The fraction of sp³-hybridized carbons (Fsp3) is 0.300. The molecule has 0 spiro atoms. The van der Waals surface area contributed by atoms with Crippen molar-refractivity contribution < 1.29 is 19.1 Å². The molecule has 0 aliphatic carbocycles. The van der Waals surface area contributed by atoms with Crippen molar-refractivity contribution in [2.24, 2.45) is 0 Å². The predicted octanol–water partition coefficient (Wildman–Crippen LogP) is 4.69. The van der Waals surface area contributed by atoms with Crippen LogP contribution in [0.25, 0.3) is 0 Å². The van der Waals surface area contributed by atoms with Gasteiger partial charge in [0.15, 0.2) is 5.78 Å². The maximum Gasteiger partial charge on any atom is 0.163 e. The van der Waals surface area contributed by atoms with E-state index < -0.39 is 5.92 Å². The minimum absolute atomic E-state index is 0.0195. The van der Waals surface area contributed by atoms with Crippen LogP contribution in [0.4, 0.5) is 0 Å². The Bertz CT molecular complexity index is 753. The van der Waals surface area contributed by atoms with E-state index in [1.165, 1.54) is 0 Å². The van der Waals surface area contributed by atoms with Crippen LogP contribution in [-0.4, -0.2) is 25.8 Å². The molecule has 0 aliphatic heterocycles. The Kier molecular flexibility index (Phi) is 6.59. The molecule has 2 aromatic carbocycles. The van der Waals surface area contributed by atoms with E-state index in [4.69, 9.17) is 21.1 Å². The third-order valence-corrected chi connectivity index (χ3v) is 4.45. The van der Waals surface area contributed by atoms with E-state index in [2.05, 4.69) is 0 Å². The Morgan fingerprint density at radius 2 is 1.60 bits per heavy atom. The third-order valence-electron chi connectivity index (χ3n) is 4.12. The lowest BCUT2D eigenvalue weighted by Crippen LogP contribution is -2.17. The number of carbonyl (C=O) groups excluding carboxylic acids is 2. The molecule has 2 aromatic rings. The standard InChI is InChI=1S/C20H21ClO4/c1-4-19(22)17(16-10-9-15(25-3)11-18(16)21)12-20(23)13-5-7-14(24-2)8-6-13/h5-11,17H,4,12H2,1-3H3. The Morgan fingerprint density at radius 3 is 2.12 bits per heavy atom. The summed E-state index contributed by atoms with van der Waals surface area (Å²) in [5, 5.41) is 0.425. The molecule has 0 aromatic heterocycles. The first-order valence-electron chi connectivity index (χ1n) is 8.03. The summed E-state index contributed by atoms with van der Waals surface area (Å²) in [5.74, 6) is 0.585. The van der Waals surface area contributed by atoms with Gasteiger partial charge >= 0.3 is 0 Å². The van der Waals surface area contributed by atoms with Crippen molar-refractivity contribution in [2.75, 3.05) is 14.2 Å². The summed E-state index contributed by atoms with van der Waals surface area (Å²) in [5.41, 5.74) is 1.19. The largest absolute Gasteiger partial charge is 0.497 e. The minimum atomic E-state index is -0.571. The van der Waals surface area contributed by atoms with Crippen LogP contribution >= 0.6 is 11.6 Å². The smallest absolute Gasteiger partial charge is 0.163 e. The molecule has 1 unspecified atom stereocenters. The zero-order valence-corrected chi connectivity index (χ0v) is 15.3. The van der Waals surface area contributed by atoms with Gasteiger partial charge in [-0.25, -0.2) is 0 Å². The molecule has 0 fully saturated rings. The van der Waals surface area contributed by atoms with Gasteiger partial charge in [-0.05, 0) is 42.0 Å². The molecule has 0 amide bonds. The van der Waals surface area contributed by atoms with Crippen LogP contribution in [0.5, 0.6) is 11.5 Å². The summed E-state index contributed by atoms with van der Waals surface area (Å²) >= 11 is 6.31. The number of ether oxygens (including phenoxy) is 2. The van der Waals surface area contributed by atoms with Gasteiger partial charge in [0, 0.05) is 23.4 Å². The highest BCUT2D eigenvalue weighted by molar-refractivity contribution is 6.31. The van der Waals surface area contributed by atoms with E-state index in [9.17, 15) is 9.59 Å². The highest BCUT2D eigenvalue weighted by Crippen LogP contribution is 2.32. The summed E-state index contributed by atoms with van der Waals surface area (Å²) in [4.78, 5) is 25.0. The number of carbonyl (C=O) groups is 2. The molecule has 0 radical (unpaired) electrons. The monoisotopic (exact) mass is 360 g/mol. The summed E-state index contributed by atoms with van der Waals surface area (Å²) in [7, 11) is 3.12. The van der Waals surface area contributed by atoms with Crippen molar-refractivity contribution in [2.45, 2.75) is 25.7 Å². The van der Waals surface area contributed by atoms with E-state index >= 15 is 0 Å². The molecule has 0 saturated heterocycles. The molecule has 5 heteroatoms. The first-order chi connectivity index (χ1) is 12.0. The summed E-state index contributed by atoms with van der Waals surface area (Å²) in [6, 6.07) is 12.0. The lowest BCUT2D eigenvalue weighted by Gasteiger charge is -2.17. The predicted molar refractivity (Wildman–Crippen MR) is 98.0 cm³/mol. The van der Waals surface area contributed by atoms with Crippen molar-refractivity contribution in [3.05, 3.63) is 58.6 Å². The second-order valence-corrected chi connectivity index (χ2v) is 6.02. The Balaban J connectivity index is 2.28. The third kappa shape index (κ3) is 4.60. The summed E-state index contributed by atoms with van der Waals surface area (Å²) < 4.78 is 10.2. The SMILES string of the molecule is CCC(=O)C(CC(=O)c1ccc(OC)cc1)c1ccc(OC)cc1Cl. The van der Waals surface area contributed by atoms with E-state index in [-0.39, 0.29) is 18.0 Å². The quantitative estimate of drug-likeness (QED) is 0.641. The molecule has 132 valence electrons. The highest BCUT2D eigenvalue weighted by Gasteiger charge is 2.25. The lowest BCUT2D eigenvalue weighted by molar-refractivity contribution is -0.120. The van der Waals surface area contributed by atoms with Crippen molar-refractivity contribution in [1.82, 2.24) is 0 Å². The summed E-state index contributed by atoms with van der Waals surface area (Å²) in [6.45, 7) is 1.78. The van der Waals surface area contributed by atoms with E-state index in [0.717, 1.165) is 0 Å². The van der Waals surface area contributed by atoms with Gasteiger partial charge in [0.25, 0.3) is 0 Å². The number of halogens is 1. The molecule has 2 rings (SSSR count). The van der Waals surface area contributed by atoms with Crippen LogP contribution < -0.4 is 9.47 Å². The van der Waals surface area contributed by atoms with Crippen molar-refractivity contribution in [3.8, 4) is 11.5 Å². The van der Waals surface area contributed by atoms with Crippen molar-refractivity contribution in [1.29, 1.82) is 0 Å². The van der Waals surface area contributed by atoms with E-state index in [0.29, 0.717) is 34.1 Å². The van der Waals surface area contributed by atoms with Crippen molar-refractivity contribution in [3.63, 3.8) is 0 Å². The number of benzene rings is 2. The first-order valence-corrected chi connectivity index (χ1v) is 8.41. The van der Waals surface area contributed by atoms with Crippen LogP contribution in [0, 0.1) is 0 Å². The average molecular weight is 361 g/mol. The van der Waals surface area contributed by atoms with E-state index in [1.807, 2.05) is 0 Å². The van der Waals surface area contributed by atoms with Gasteiger partial charge in [-0.2, -0.15) is 0 Å². The fourth-order valence-electron chi connectivity index (χ4n) is 2.64. The number of Topliss-reactive ketones (excluding diaryl/α,β-unsaturated/α-hetero) is 2. The number of hydrogen-bond acceptors (Lipinski definition) is 4. The van der Waals surface area contributed by atoms with Gasteiger partial charge in [-0.1, -0.05) is 24.6 Å². The Hall–Kier alpha value is -2.33. The van der Waals surface area contributed by atoms with Gasteiger partial charge in [0.2, 0.25) is 0 Å². The highest BCUT2D eigenvalue weighted by atomic mass is 35.5. The van der Waals surface area contributed by atoms with Crippen molar-refractivity contribution >= 4 is 23.2 Å². The maximum absolute atomic E-state index is 12.6. The molecule has 0 aliphatic rings. The van der Waals surface area contributed by atoms with E-state index in [1.54, 1.807) is 63.6 Å². The van der Waals surface area contributed by atoms with Crippen LogP contribution in [0.15, 0.2) is 42.5 Å². The molecule has 0 N–H and O–H groups in total. The van der Waals surface area contributed by atoms with Crippen LogP contribution in [0.1, 0.15) is 41.6 Å². The zero-order chi connectivity index (χ0) is 18.4. The molecule has 1 atom stereocenters. The van der Waals surface area contributed by atoms with Gasteiger partial charge in [0.1, 0.15) is 17.3 Å². The molecule has 0 heterocycles. The van der Waals surface area contributed by atoms with Gasteiger partial charge in [-0.15, -0.1) is 0 Å². The zero-order valence-electron chi connectivity index (χ0n) is 14.5. The molecular weight excluding hydrogens is 340 g/mol. The number of hydrogen-bond donors (Lipinski definition) is 0.